The minimum atomic E-state index is -3.47. The van der Waals surface area contributed by atoms with E-state index in [4.69, 9.17) is 0 Å². The lowest BCUT2D eigenvalue weighted by Gasteiger charge is -2.57. The van der Waals surface area contributed by atoms with Gasteiger partial charge in [0.1, 0.15) is 4.21 Å². The smallest absolute Gasteiger partial charge is 0.252 e. The van der Waals surface area contributed by atoms with E-state index in [0.29, 0.717) is 17.3 Å². The first-order valence-electron chi connectivity index (χ1n) is 10.3. The van der Waals surface area contributed by atoms with E-state index < -0.39 is 10.0 Å². The monoisotopic (exact) mass is 408 g/mol. The number of nitrogens with zero attached hydrogens (tertiary/aromatic N) is 1. The molecule has 148 valence electrons. The Morgan fingerprint density at radius 3 is 2.41 bits per heavy atom. The molecule has 0 radical (unpaired) electrons. The van der Waals surface area contributed by atoms with Crippen LogP contribution in [0.2, 0.25) is 0 Å². The summed E-state index contributed by atoms with van der Waals surface area (Å²) in [5.41, 5.74) is 0.000732. The number of thiophene rings is 1. The van der Waals surface area contributed by atoms with Crippen LogP contribution in [0.25, 0.3) is 0 Å². The maximum Gasteiger partial charge on any atom is 0.252 e. The zero-order valence-corrected chi connectivity index (χ0v) is 17.2. The molecule has 27 heavy (non-hydrogen) atoms. The Balaban J connectivity index is 1.28. The molecule has 1 amide bonds. The second kappa shape index (κ2) is 6.56. The predicted octanol–water partition coefficient (Wildman–Crippen LogP) is 3.23. The molecular weight excluding hydrogens is 380 g/mol. The van der Waals surface area contributed by atoms with Crippen LogP contribution >= 0.6 is 11.3 Å². The molecule has 0 aromatic carbocycles. The fourth-order valence-corrected chi connectivity index (χ4v) is 9.21. The highest BCUT2D eigenvalue weighted by atomic mass is 32.2. The van der Waals surface area contributed by atoms with Crippen LogP contribution in [0.3, 0.4) is 0 Å². The number of piperidine rings is 1. The van der Waals surface area contributed by atoms with Gasteiger partial charge in [-0.1, -0.05) is 6.07 Å². The lowest BCUT2D eigenvalue weighted by molar-refractivity contribution is -0.131. The van der Waals surface area contributed by atoms with E-state index in [1.165, 1.54) is 34.9 Å². The van der Waals surface area contributed by atoms with Crippen LogP contribution < -0.4 is 5.32 Å². The topological polar surface area (TPSA) is 66.5 Å². The summed E-state index contributed by atoms with van der Waals surface area (Å²) in [7, 11) is -3.47. The lowest BCUT2D eigenvalue weighted by atomic mass is 9.53. The van der Waals surface area contributed by atoms with Crippen molar-refractivity contribution in [1.82, 2.24) is 9.62 Å². The molecule has 1 aromatic rings. The van der Waals surface area contributed by atoms with Crippen LogP contribution in [0.4, 0.5) is 0 Å². The zero-order valence-electron chi connectivity index (χ0n) is 15.6. The Bertz CT molecular complexity index is 783. The zero-order chi connectivity index (χ0) is 18.6. The fourth-order valence-electron chi connectivity index (χ4n) is 6.54. The van der Waals surface area contributed by atoms with E-state index in [1.54, 1.807) is 17.5 Å². The van der Waals surface area contributed by atoms with E-state index in [0.717, 1.165) is 49.9 Å². The standard InChI is InChI=1S/C20H28N2O3S2/c23-19(21-20-10-14-7-15(11-20)9-16(8-14)12-20)17-3-1-5-22(13-17)27(24,25)18-4-2-6-26-18/h2,4,6,14-17H,1,3,5,7-13H2,(H,21,23). The number of sulfonamides is 1. The highest BCUT2D eigenvalue weighted by Crippen LogP contribution is 2.55. The molecule has 5 fully saturated rings. The SMILES string of the molecule is O=C(NC12CC3CC(CC(C3)C1)C2)C1CCCN(S(=O)(=O)c2cccs2)C1. The van der Waals surface area contributed by atoms with Gasteiger partial charge < -0.3 is 5.32 Å². The summed E-state index contributed by atoms with van der Waals surface area (Å²) in [4.78, 5) is 13.1. The molecule has 1 saturated heterocycles. The highest BCUT2D eigenvalue weighted by molar-refractivity contribution is 7.91. The summed E-state index contributed by atoms with van der Waals surface area (Å²) in [6.07, 6.45) is 9.00. The van der Waals surface area contributed by atoms with Gasteiger partial charge >= 0.3 is 0 Å². The van der Waals surface area contributed by atoms with Crippen molar-refractivity contribution in [3.63, 3.8) is 0 Å². The van der Waals surface area contributed by atoms with Crippen molar-refractivity contribution >= 4 is 27.3 Å². The molecular formula is C20H28N2O3S2. The summed E-state index contributed by atoms with van der Waals surface area (Å²) in [6.45, 7) is 0.833. The number of hydrogen-bond acceptors (Lipinski definition) is 4. The van der Waals surface area contributed by atoms with E-state index in [9.17, 15) is 13.2 Å². The number of amides is 1. The molecule has 5 aliphatic rings. The number of carbonyl (C=O) groups excluding carboxylic acids is 1. The van der Waals surface area contributed by atoms with Crippen LogP contribution in [0.1, 0.15) is 51.4 Å². The van der Waals surface area contributed by atoms with Crippen LogP contribution in [0, 0.1) is 23.7 Å². The molecule has 1 N–H and O–H groups in total. The van der Waals surface area contributed by atoms with Crippen molar-refractivity contribution in [1.29, 1.82) is 0 Å². The van der Waals surface area contributed by atoms with Crippen molar-refractivity contribution in [3.05, 3.63) is 17.5 Å². The van der Waals surface area contributed by atoms with E-state index in [1.807, 2.05) is 0 Å². The molecule has 1 atom stereocenters. The Morgan fingerprint density at radius 1 is 1.15 bits per heavy atom. The molecule has 6 rings (SSSR count). The van der Waals surface area contributed by atoms with Gasteiger partial charge in [-0.15, -0.1) is 11.3 Å². The van der Waals surface area contributed by atoms with Gasteiger partial charge in [0.25, 0.3) is 10.0 Å². The summed E-state index contributed by atoms with van der Waals surface area (Å²) in [5, 5.41) is 5.23. The van der Waals surface area contributed by atoms with Crippen LogP contribution in [-0.2, 0) is 14.8 Å². The molecule has 1 unspecified atom stereocenters. The third kappa shape index (κ3) is 3.25. The minimum Gasteiger partial charge on any atom is -0.350 e. The second-order valence-corrected chi connectivity index (χ2v) is 12.4. The summed E-state index contributed by atoms with van der Waals surface area (Å²) >= 11 is 1.25. The molecule has 1 aromatic heterocycles. The van der Waals surface area contributed by atoms with E-state index in [-0.39, 0.29) is 17.4 Å². The summed E-state index contributed by atoms with van der Waals surface area (Å²) < 4.78 is 27.6. The molecule has 4 bridgehead atoms. The number of nitrogens with one attached hydrogen (secondary N) is 1. The number of hydrogen-bond donors (Lipinski definition) is 1. The average molecular weight is 409 g/mol. The second-order valence-electron chi connectivity index (χ2n) is 9.32. The average Bonchev–Trinajstić information content (AvgIpc) is 3.16. The van der Waals surface area contributed by atoms with Gasteiger partial charge in [-0.2, -0.15) is 4.31 Å². The van der Waals surface area contributed by atoms with Gasteiger partial charge in [-0.05, 0) is 80.6 Å². The van der Waals surface area contributed by atoms with Crippen molar-refractivity contribution < 1.29 is 13.2 Å². The first-order valence-corrected chi connectivity index (χ1v) is 12.6. The molecule has 7 heteroatoms. The summed E-state index contributed by atoms with van der Waals surface area (Å²) in [5.74, 6) is 2.24. The molecule has 5 nitrogen and oxygen atoms in total. The van der Waals surface area contributed by atoms with Crippen LogP contribution in [0.15, 0.2) is 21.7 Å². The fraction of sp³-hybridized carbons (Fsp3) is 0.750. The third-order valence-electron chi connectivity index (χ3n) is 7.27. The molecule has 0 spiro atoms. The Morgan fingerprint density at radius 2 is 1.81 bits per heavy atom. The predicted molar refractivity (Wildman–Crippen MR) is 105 cm³/mol. The van der Waals surface area contributed by atoms with Crippen molar-refractivity contribution in [2.75, 3.05) is 13.1 Å². The van der Waals surface area contributed by atoms with Gasteiger partial charge in [-0.25, -0.2) is 8.42 Å². The van der Waals surface area contributed by atoms with Gasteiger partial charge in [0.2, 0.25) is 5.91 Å². The van der Waals surface area contributed by atoms with Crippen molar-refractivity contribution in [2.45, 2.75) is 61.1 Å². The van der Waals surface area contributed by atoms with Crippen molar-refractivity contribution in [3.8, 4) is 0 Å². The Labute approximate surface area is 165 Å². The molecule has 2 heterocycles. The number of rotatable bonds is 4. The van der Waals surface area contributed by atoms with E-state index in [2.05, 4.69) is 5.32 Å². The Kier molecular flexibility index (Phi) is 4.41. The minimum absolute atomic E-state index is 0.000732. The molecule has 4 aliphatic carbocycles. The largest absolute Gasteiger partial charge is 0.350 e. The molecule has 1 aliphatic heterocycles. The normalized spacial score (nSPS) is 38.8. The first-order chi connectivity index (χ1) is 12.9. The van der Waals surface area contributed by atoms with Gasteiger partial charge in [-0.3, -0.25) is 4.79 Å². The Hall–Kier alpha value is -0.920. The van der Waals surface area contributed by atoms with Crippen molar-refractivity contribution in [2.24, 2.45) is 23.7 Å². The van der Waals surface area contributed by atoms with Gasteiger partial charge in [0.05, 0.1) is 5.92 Å². The number of carbonyl (C=O) groups is 1. The van der Waals surface area contributed by atoms with Crippen LogP contribution in [-0.4, -0.2) is 37.3 Å². The quantitative estimate of drug-likeness (QED) is 0.832. The van der Waals surface area contributed by atoms with Gasteiger partial charge in [0.15, 0.2) is 0 Å². The third-order valence-corrected chi connectivity index (χ3v) is 10.5. The lowest BCUT2D eigenvalue weighted by Crippen LogP contribution is -2.61. The first kappa shape index (κ1) is 18.1. The highest BCUT2D eigenvalue weighted by Gasteiger charge is 2.52. The van der Waals surface area contributed by atoms with E-state index >= 15 is 0 Å². The maximum atomic E-state index is 13.1. The van der Waals surface area contributed by atoms with Crippen LogP contribution in [0.5, 0.6) is 0 Å². The maximum absolute atomic E-state index is 13.1. The van der Waals surface area contributed by atoms with Gasteiger partial charge in [0, 0.05) is 18.6 Å². The summed E-state index contributed by atoms with van der Waals surface area (Å²) in [6, 6.07) is 3.41. The molecule has 4 saturated carbocycles.